The number of amides is 2. The van der Waals surface area contributed by atoms with E-state index in [0.29, 0.717) is 24.2 Å². The summed E-state index contributed by atoms with van der Waals surface area (Å²) >= 11 is 0. The van der Waals surface area contributed by atoms with Crippen molar-refractivity contribution in [2.24, 2.45) is 5.41 Å². The lowest BCUT2D eigenvalue weighted by Gasteiger charge is -2.26. The Morgan fingerprint density at radius 2 is 1.84 bits per heavy atom. The van der Waals surface area contributed by atoms with Crippen LogP contribution in [-0.4, -0.2) is 29.6 Å². The minimum Gasteiger partial charge on any atom is -0.459 e. The SMILES string of the molecule is CC(O)CC(C)(C)CNC(=O)c1ccc(NC(=O)c2ccco2)cc1. The normalized spacial score (nSPS) is 12.5. The summed E-state index contributed by atoms with van der Waals surface area (Å²) in [6, 6.07) is 9.84. The van der Waals surface area contributed by atoms with Gasteiger partial charge in [-0.1, -0.05) is 13.8 Å². The smallest absolute Gasteiger partial charge is 0.291 e. The van der Waals surface area contributed by atoms with E-state index in [-0.39, 0.29) is 23.0 Å². The predicted molar refractivity (Wildman–Crippen MR) is 95.5 cm³/mol. The third-order valence-corrected chi connectivity index (χ3v) is 3.73. The van der Waals surface area contributed by atoms with Gasteiger partial charge in [0.2, 0.25) is 0 Å². The van der Waals surface area contributed by atoms with Crippen LogP contribution < -0.4 is 10.6 Å². The number of benzene rings is 1. The van der Waals surface area contributed by atoms with E-state index in [1.807, 2.05) is 13.8 Å². The fourth-order valence-electron chi connectivity index (χ4n) is 2.60. The van der Waals surface area contributed by atoms with Crippen LogP contribution in [0.5, 0.6) is 0 Å². The van der Waals surface area contributed by atoms with Gasteiger partial charge in [-0.3, -0.25) is 9.59 Å². The minimum absolute atomic E-state index is 0.192. The van der Waals surface area contributed by atoms with Crippen molar-refractivity contribution >= 4 is 17.5 Å². The van der Waals surface area contributed by atoms with Crippen molar-refractivity contribution < 1.29 is 19.1 Å². The monoisotopic (exact) mass is 344 g/mol. The van der Waals surface area contributed by atoms with E-state index < -0.39 is 6.10 Å². The van der Waals surface area contributed by atoms with Gasteiger partial charge in [-0.05, 0) is 55.2 Å². The molecule has 134 valence electrons. The predicted octanol–water partition coefficient (Wildman–Crippen LogP) is 3.06. The molecule has 25 heavy (non-hydrogen) atoms. The molecule has 1 unspecified atom stereocenters. The van der Waals surface area contributed by atoms with E-state index in [0.717, 1.165) is 0 Å². The molecule has 1 atom stereocenters. The fourth-order valence-corrected chi connectivity index (χ4v) is 2.60. The molecular weight excluding hydrogens is 320 g/mol. The van der Waals surface area contributed by atoms with Gasteiger partial charge in [-0.25, -0.2) is 0 Å². The van der Waals surface area contributed by atoms with E-state index >= 15 is 0 Å². The second-order valence-corrected chi connectivity index (χ2v) is 6.91. The Labute approximate surface area is 147 Å². The van der Waals surface area contributed by atoms with Crippen molar-refractivity contribution in [3.05, 3.63) is 54.0 Å². The zero-order valence-corrected chi connectivity index (χ0v) is 14.7. The molecule has 1 heterocycles. The topological polar surface area (TPSA) is 91.6 Å². The Hall–Kier alpha value is -2.60. The van der Waals surface area contributed by atoms with E-state index in [4.69, 9.17) is 4.42 Å². The molecule has 1 aromatic carbocycles. The average molecular weight is 344 g/mol. The molecular formula is C19H24N2O4. The largest absolute Gasteiger partial charge is 0.459 e. The number of carbonyl (C=O) groups excluding carboxylic acids is 2. The van der Waals surface area contributed by atoms with Gasteiger partial charge in [0.25, 0.3) is 11.8 Å². The van der Waals surface area contributed by atoms with E-state index in [2.05, 4.69) is 10.6 Å². The lowest BCUT2D eigenvalue weighted by molar-refractivity contribution is 0.0902. The van der Waals surface area contributed by atoms with Gasteiger partial charge in [0.15, 0.2) is 5.76 Å². The highest BCUT2D eigenvalue weighted by Crippen LogP contribution is 2.21. The maximum absolute atomic E-state index is 12.2. The number of hydrogen-bond donors (Lipinski definition) is 3. The summed E-state index contributed by atoms with van der Waals surface area (Å²) in [5.41, 5.74) is 0.886. The lowest BCUT2D eigenvalue weighted by Crippen LogP contribution is -2.35. The summed E-state index contributed by atoms with van der Waals surface area (Å²) in [5.74, 6) is -0.313. The van der Waals surface area contributed by atoms with Crippen molar-refractivity contribution in [2.45, 2.75) is 33.3 Å². The summed E-state index contributed by atoms with van der Waals surface area (Å²) < 4.78 is 5.03. The Bertz CT molecular complexity index is 704. The molecule has 0 bridgehead atoms. The Kier molecular flexibility index (Phi) is 5.98. The average Bonchev–Trinajstić information content (AvgIpc) is 3.07. The highest BCUT2D eigenvalue weighted by atomic mass is 16.3. The van der Waals surface area contributed by atoms with Crippen molar-refractivity contribution in [1.29, 1.82) is 0 Å². The highest BCUT2D eigenvalue weighted by molar-refractivity contribution is 6.02. The number of carbonyl (C=O) groups is 2. The molecule has 3 N–H and O–H groups in total. The van der Waals surface area contributed by atoms with Crippen LogP contribution >= 0.6 is 0 Å². The van der Waals surface area contributed by atoms with Crippen LogP contribution in [0.1, 0.15) is 48.1 Å². The molecule has 0 aliphatic rings. The van der Waals surface area contributed by atoms with Crippen molar-refractivity contribution in [3.8, 4) is 0 Å². The number of furan rings is 1. The Morgan fingerprint density at radius 3 is 2.40 bits per heavy atom. The number of hydrogen-bond acceptors (Lipinski definition) is 4. The molecule has 6 nitrogen and oxygen atoms in total. The number of nitrogens with one attached hydrogen (secondary N) is 2. The number of anilines is 1. The molecule has 2 rings (SSSR count). The zero-order valence-electron chi connectivity index (χ0n) is 14.7. The summed E-state index contributed by atoms with van der Waals surface area (Å²) in [5, 5.41) is 15.1. The van der Waals surface area contributed by atoms with Crippen molar-refractivity contribution in [3.63, 3.8) is 0 Å². The second kappa shape index (κ2) is 7.98. The van der Waals surface area contributed by atoms with Crippen LogP contribution in [0.25, 0.3) is 0 Å². The Morgan fingerprint density at radius 1 is 1.16 bits per heavy atom. The number of aliphatic hydroxyl groups is 1. The number of rotatable bonds is 7. The molecule has 0 saturated heterocycles. The van der Waals surface area contributed by atoms with Gasteiger partial charge in [0, 0.05) is 17.8 Å². The molecule has 6 heteroatoms. The zero-order chi connectivity index (χ0) is 18.4. The maximum atomic E-state index is 12.2. The van der Waals surface area contributed by atoms with E-state index in [1.54, 1.807) is 43.3 Å². The van der Waals surface area contributed by atoms with Crippen LogP contribution in [0.2, 0.25) is 0 Å². The summed E-state index contributed by atoms with van der Waals surface area (Å²) in [6.07, 6.45) is 1.62. The van der Waals surface area contributed by atoms with Gasteiger partial charge >= 0.3 is 0 Å². The second-order valence-electron chi connectivity index (χ2n) is 6.91. The molecule has 0 spiro atoms. The maximum Gasteiger partial charge on any atom is 0.291 e. The Balaban J connectivity index is 1.90. The summed E-state index contributed by atoms with van der Waals surface area (Å²) in [6.45, 7) is 6.19. The van der Waals surface area contributed by atoms with Gasteiger partial charge in [0.05, 0.1) is 12.4 Å². The fraction of sp³-hybridized carbons (Fsp3) is 0.368. The van der Waals surface area contributed by atoms with Crippen LogP contribution in [0.3, 0.4) is 0 Å². The quantitative estimate of drug-likeness (QED) is 0.720. The minimum atomic E-state index is -0.413. The molecule has 0 fully saturated rings. The first kappa shape index (κ1) is 18.7. The standard InChI is InChI=1S/C19H24N2O4/c1-13(22)11-19(2,3)12-20-17(23)14-6-8-15(9-7-14)21-18(24)16-5-4-10-25-16/h4-10,13,22H,11-12H2,1-3H3,(H,20,23)(H,21,24). The van der Waals surface area contributed by atoms with Crippen molar-refractivity contribution in [1.82, 2.24) is 5.32 Å². The summed E-state index contributed by atoms with van der Waals surface area (Å²) in [7, 11) is 0. The van der Waals surface area contributed by atoms with Gasteiger partial charge in [-0.2, -0.15) is 0 Å². The number of aliphatic hydroxyl groups excluding tert-OH is 1. The van der Waals surface area contributed by atoms with Crippen LogP contribution in [0.4, 0.5) is 5.69 Å². The molecule has 0 aliphatic heterocycles. The van der Waals surface area contributed by atoms with Gasteiger partial charge in [-0.15, -0.1) is 0 Å². The third-order valence-electron chi connectivity index (χ3n) is 3.73. The molecule has 0 saturated carbocycles. The lowest BCUT2D eigenvalue weighted by atomic mass is 9.87. The molecule has 1 aromatic heterocycles. The van der Waals surface area contributed by atoms with Crippen LogP contribution in [0, 0.1) is 5.41 Å². The molecule has 0 aliphatic carbocycles. The van der Waals surface area contributed by atoms with E-state index in [9.17, 15) is 14.7 Å². The summed E-state index contributed by atoms with van der Waals surface area (Å²) in [4.78, 5) is 24.1. The van der Waals surface area contributed by atoms with Gasteiger partial charge < -0.3 is 20.2 Å². The van der Waals surface area contributed by atoms with Gasteiger partial charge in [0.1, 0.15) is 0 Å². The first-order valence-corrected chi connectivity index (χ1v) is 8.18. The van der Waals surface area contributed by atoms with E-state index in [1.165, 1.54) is 6.26 Å². The van der Waals surface area contributed by atoms with Crippen LogP contribution in [0.15, 0.2) is 47.1 Å². The molecule has 0 radical (unpaired) electrons. The van der Waals surface area contributed by atoms with Crippen LogP contribution in [-0.2, 0) is 0 Å². The third kappa shape index (κ3) is 5.76. The van der Waals surface area contributed by atoms with Crippen molar-refractivity contribution in [2.75, 3.05) is 11.9 Å². The highest BCUT2D eigenvalue weighted by Gasteiger charge is 2.21. The molecule has 2 amide bonds. The molecule has 2 aromatic rings. The first-order chi connectivity index (χ1) is 11.8. The first-order valence-electron chi connectivity index (χ1n) is 8.18.